The van der Waals surface area contributed by atoms with Gasteiger partial charge in [-0.05, 0) is 45.9 Å². The number of nitrogens with two attached hydrogens (primary N) is 1. The first-order chi connectivity index (χ1) is 16.3. The lowest BCUT2D eigenvalue weighted by Crippen LogP contribution is -2.41. The van der Waals surface area contributed by atoms with Crippen molar-refractivity contribution in [2.45, 2.75) is 70.9 Å². The number of anilines is 1. The van der Waals surface area contributed by atoms with Crippen LogP contribution in [0.15, 0.2) is 6.33 Å². The molecule has 16 heteroatoms. The molecular weight excluding hydrogens is 510 g/mol. The number of esters is 1. The maximum absolute atomic E-state index is 15.7. The van der Waals surface area contributed by atoms with Crippen molar-refractivity contribution >= 4 is 41.2 Å². The zero-order valence-electron chi connectivity index (χ0n) is 19.8. The van der Waals surface area contributed by atoms with Gasteiger partial charge in [-0.1, -0.05) is 0 Å². The molecule has 0 bridgehead atoms. The molecule has 1 aliphatic rings. The quantitative estimate of drug-likeness (QED) is 0.297. The van der Waals surface area contributed by atoms with Crippen LogP contribution in [0.4, 0.5) is 10.3 Å². The van der Waals surface area contributed by atoms with E-state index in [4.69, 9.17) is 35.7 Å². The van der Waals surface area contributed by atoms with Gasteiger partial charge in [0.05, 0.1) is 25.6 Å². The highest BCUT2D eigenvalue weighted by Gasteiger charge is 2.56. The van der Waals surface area contributed by atoms with Crippen molar-refractivity contribution in [3.63, 3.8) is 0 Å². The highest BCUT2D eigenvalue weighted by Crippen LogP contribution is 2.50. The lowest BCUT2D eigenvalue weighted by molar-refractivity contribution is -0.149. The number of nitrogens with one attached hydrogen (secondary N) is 1. The first-order valence-corrected chi connectivity index (χ1v) is 13.4. The summed E-state index contributed by atoms with van der Waals surface area (Å²) in [6.07, 6.45) is -3.49. The minimum absolute atomic E-state index is 0.118. The molecule has 13 nitrogen and oxygen atoms in total. The fourth-order valence-electron chi connectivity index (χ4n) is 3.49. The molecule has 196 valence electrons. The number of halogens is 2. The molecule has 3 heterocycles. The van der Waals surface area contributed by atoms with Gasteiger partial charge in [-0.3, -0.25) is 13.9 Å². The number of hydrogen-bond donors (Lipinski definition) is 3. The van der Waals surface area contributed by atoms with Crippen LogP contribution < -0.4 is 15.6 Å². The number of rotatable bonds is 10. The number of hydrogen-bond acceptors (Lipinski definition) is 11. The molecule has 0 aromatic carbocycles. The first-order valence-electron chi connectivity index (χ1n) is 10.8. The summed E-state index contributed by atoms with van der Waals surface area (Å²) in [7, 11) is 0. The van der Waals surface area contributed by atoms with Gasteiger partial charge in [-0.2, -0.15) is 9.97 Å². The number of ether oxygens (including phenoxy) is 3. The Balaban J connectivity index is 1.75. The van der Waals surface area contributed by atoms with Crippen LogP contribution >= 0.6 is 18.1 Å². The van der Waals surface area contributed by atoms with Crippen molar-refractivity contribution in [3.8, 4) is 5.88 Å². The van der Waals surface area contributed by atoms with Crippen LogP contribution in [-0.4, -0.2) is 73.8 Å². The molecule has 0 spiro atoms. The minimum Gasteiger partial charge on any atom is -0.476 e. The van der Waals surface area contributed by atoms with E-state index in [1.54, 1.807) is 20.8 Å². The van der Waals surface area contributed by atoms with Gasteiger partial charge in [0.1, 0.15) is 18.2 Å². The fourth-order valence-corrected chi connectivity index (χ4v) is 5.08. The van der Waals surface area contributed by atoms with E-state index < -0.39 is 49.6 Å². The number of carbonyl (C=O) groups is 1. The molecule has 0 radical (unpaired) electrons. The average Bonchev–Trinajstić information content (AvgIpc) is 3.24. The van der Waals surface area contributed by atoms with E-state index in [1.165, 1.54) is 17.8 Å². The van der Waals surface area contributed by atoms with Gasteiger partial charge in [-0.15, -0.1) is 0 Å². The average molecular weight is 539 g/mol. The van der Waals surface area contributed by atoms with Crippen molar-refractivity contribution in [2.24, 2.45) is 0 Å². The zero-order chi connectivity index (χ0) is 26.1. The molecule has 4 N–H and O–H groups in total. The second-order valence-corrected chi connectivity index (χ2v) is 11.2. The summed E-state index contributed by atoms with van der Waals surface area (Å²) in [6, 6.07) is -1.05. The van der Waals surface area contributed by atoms with Gasteiger partial charge in [0, 0.05) is 0 Å². The topological polar surface area (TPSA) is 173 Å². The summed E-state index contributed by atoms with van der Waals surface area (Å²) >= 11 is 5.91. The molecule has 35 heavy (non-hydrogen) atoms. The van der Waals surface area contributed by atoms with E-state index in [9.17, 15) is 14.5 Å². The largest absolute Gasteiger partial charge is 0.476 e. The number of aliphatic hydroxyl groups excluding tert-OH is 1. The molecular formula is C19H29ClFN6O7P. The van der Waals surface area contributed by atoms with Crippen molar-refractivity contribution in [2.75, 3.05) is 18.9 Å². The Morgan fingerprint density at radius 1 is 1.46 bits per heavy atom. The third kappa shape index (κ3) is 6.01. The number of alkyl halides is 1. The van der Waals surface area contributed by atoms with Gasteiger partial charge in [-0.25, -0.2) is 14.5 Å². The summed E-state index contributed by atoms with van der Waals surface area (Å²) in [5.74, 6) is -0.689. The lowest BCUT2D eigenvalue weighted by Gasteiger charge is -2.24. The van der Waals surface area contributed by atoms with Gasteiger partial charge >= 0.3 is 12.8 Å². The van der Waals surface area contributed by atoms with Crippen LogP contribution in [0.2, 0.25) is 0 Å². The summed E-state index contributed by atoms with van der Waals surface area (Å²) < 4.78 is 50.8. The van der Waals surface area contributed by atoms with Crippen molar-refractivity contribution < 1.29 is 37.6 Å². The second-order valence-electron chi connectivity index (χ2n) is 8.38. The van der Waals surface area contributed by atoms with Gasteiger partial charge in [0.2, 0.25) is 11.8 Å². The highest BCUT2D eigenvalue weighted by molar-refractivity contribution is 7.83. The molecule has 0 saturated carbocycles. The molecule has 1 aliphatic heterocycles. The van der Waals surface area contributed by atoms with Gasteiger partial charge in [0.25, 0.3) is 0 Å². The van der Waals surface area contributed by atoms with Crippen LogP contribution in [0.5, 0.6) is 5.88 Å². The molecule has 2 aromatic rings. The Kier molecular flexibility index (Phi) is 8.24. The Labute approximate surface area is 205 Å². The van der Waals surface area contributed by atoms with E-state index in [2.05, 4.69) is 20.0 Å². The molecule has 6 unspecified atom stereocenters. The summed E-state index contributed by atoms with van der Waals surface area (Å²) in [4.78, 5) is 24.2. The van der Waals surface area contributed by atoms with Gasteiger partial charge in [0.15, 0.2) is 23.1 Å². The predicted octanol–water partition coefficient (Wildman–Crippen LogP) is 2.09. The Morgan fingerprint density at radius 3 is 2.77 bits per heavy atom. The highest BCUT2D eigenvalue weighted by atomic mass is 35.7. The number of nitrogens with zero attached hydrogens (tertiary/aromatic N) is 4. The van der Waals surface area contributed by atoms with E-state index in [0.717, 1.165) is 6.92 Å². The number of aromatic nitrogens is 4. The molecule has 0 aliphatic carbocycles. The van der Waals surface area contributed by atoms with Crippen LogP contribution in [0, 0.1) is 0 Å². The monoisotopic (exact) mass is 538 g/mol. The van der Waals surface area contributed by atoms with Crippen LogP contribution in [0.25, 0.3) is 11.2 Å². The number of imidazole rings is 1. The smallest absolute Gasteiger partial charge is 0.361 e. The van der Waals surface area contributed by atoms with E-state index >= 15 is 4.39 Å². The molecule has 1 saturated heterocycles. The number of nitrogen functional groups attached to an aromatic ring is 1. The summed E-state index contributed by atoms with van der Waals surface area (Å²) in [5, 5.41) is 12.9. The SMILES string of the molecule is CCOc1nc(N)nc2c1ncn2C1OC(COP(=O)(Cl)NC(C)C(=O)OC(C)C)C(O)C1(C)F. The molecule has 0 amide bonds. The number of aliphatic hydroxyl groups is 1. The predicted molar refractivity (Wildman–Crippen MR) is 124 cm³/mol. The maximum Gasteiger partial charge on any atom is 0.361 e. The summed E-state index contributed by atoms with van der Waals surface area (Å²) in [6.45, 7) is 3.26. The first kappa shape index (κ1) is 27.5. The van der Waals surface area contributed by atoms with Crippen LogP contribution in [0.3, 0.4) is 0 Å². The normalized spacial score (nSPS) is 27.2. The third-order valence-corrected chi connectivity index (χ3v) is 6.88. The van der Waals surface area contributed by atoms with Crippen molar-refractivity contribution in [1.29, 1.82) is 0 Å². The van der Waals surface area contributed by atoms with Crippen LogP contribution in [0.1, 0.15) is 40.8 Å². The van der Waals surface area contributed by atoms with E-state index in [0.29, 0.717) is 0 Å². The number of fused-ring (bicyclic) bond motifs is 1. The second kappa shape index (κ2) is 10.5. The van der Waals surface area contributed by atoms with Crippen LogP contribution in [-0.2, 0) is 23.4 Å². The number of carbonyl (C=O) groups excluding carboxylic acids is 1. The summed E-state index contributed by atoms with van der Waals surface area (Å²) in [5.41, 5.74) is 3.77. The van der Waals surface area contributed by atoms with E-state index in [-0.39, 0.29) is 35.7 Å². The minimum atomic E-state index is -4.07. The Morgan fingerprint density at radius 2 is 2.14 bits per heavy atom. The molecule has 3 rings (SSSR count). The van der Waals surface area contributed by atoms with E-state index in [1.807, 2.05) is 0 Å². The standard InChI is InChI=1S/C19H29ClFN6O7P/c1-6-31-15-12-14(24-18(22)25-15)27(8-23-12)17-19(5,21)13(28)11(34-17)7-32-35(20,30)26-10(4)16(29)33-9(2)3/h8-11,13,17,28H,6-7H2,1-5H3,(H,26,30)(H2,22,24,25). The molecule has 6 atom stereocenters. The lowest BCUT2D eigenvalue weighted by atomic mass is 9.98. The molecule has 1 fully saturated rings. The zero-order valence-corrected chi connectivity index (χ0v) is 21.5. The van der Waals surface area contributed by atoms with Gasteiger partial charge < -0.3 is 29.6 Å². The van der Waals surface area contributed by atoms with Crippen molar-refractivity contribution in [1.82, 2.24) is 24.6 Å². The fraction of sp³-hybridized carbons (Fsp3) is 0.684. The Bertz CT molecular complexity index is 1120. The van der Waals surface area contributed by atoms with Crippen molar-refractivity contribution in [3.05, 3.63) is 6.33 Å². The molecule has 2 aromatic heterocycles. The Hall–Kier alpha value is -2.09. The third-order valence-electron chi connectivity index (χ3n) is 5.12. The maximum atomic E-state index is 15.7.